The molecule has 0 bridgehead atoms. The molecule has 0 saturated heterocycles. The quantitative estimate of drug-likeness (QED) is 0.830. The van der Waals surface area contributed by atoms with Crippen LogP contribution in [0.5, 0.6) is 11.5 Å². The third-order valence-corrected chi connectivity index (χ3v) is 3.46. The maximum absolute atomic E-state index is 10.1. The summed E-state index contributed by atoms with van der Waals surface area (Å²) in [5.41, 5.74) is 4.72. The van der Waals surface area contributed by atoms with Crippen LogP contribution in [0.3, 0.4) is 0 Å². The lowest BCUT2D eigenvalue weighted by Crippen LogP contribution is -1.94. The second-order valence-electron chi connectivity index (χ2n) is 5.35. The van der Waals surface area contributed by atoms with Gasteiger partial charge in [-0.05, 0) is 60.2 Å². The first kappa shape index (κ1) is 13.5. The summed E-state index contributed by atoms with van der Waals surface area (Å²) in [5, 5.41) is 19.9. The fraction of sp³-hybridized carbons (Fsp3) is 0.294. The lowest BCUT2D eigenvalue weighted by Gasteiger charge is -2.16. The van der Waals surface area contributed by atoms with E-state index in [0.29, 0.717) is 11.5 Å². The summed E-state index contributed by atoms with van der Waals surface area (Å²) in [6.45, 7) is 7.92. The first-order chi connectivity index (χ1) is 8.91. The molecule has 0 atom stereocenters. The Morgan fingerprint density at radius 1 is 0.947 bits per heavy atom. The number of aromatic hydroxyl groups is 2. The zero-order chi connectivity index (χ0) is 14.2. The largest absolute Gasteiger partial charge is 0.508 e. The van der Waals surface area contributed by atoms with Crippen molar-refractivity contribution in [1.29, 1.82) is 0 Å². The summed E-state index contributed by atoms with van der Waals surface area (Å²) in [7, 11) is 0. The SMILES string of the molecule is Cc1cc(-c2cccc(O)c2C(C)C)cc(C)c1O. The smallest absolute Gasteiger partial charge is 0.121 e. The summed E-state index contributed by atoms with van der Waals surface area (Å²) >= 11 is 0. The lowest BCUT2D eigenvalue weighted by atomic mass is 9.90. The fourth-order valence-corrected chi connectivity index (χ4v) is 2.52. The highest BCUT2D eigenvalue weighted by Gasteiger charge is 2.14. The van der Waals surface area contributed by atoms with Gasteiger partial charge < -0.3 is 10.2 Å². The predicted octanol–water partition coefficient (Wildman–Crippen LogP) is 4.51. The Hall–Kier alpha value is -1.96. The van der Waals surface area contributed by atoms with Crippen molar-refractivity contribution in [3.05, 3.63) is 47.0 Å². The normalized spacial score (nSPS) is 11.0. The van der Waals surface area contributed by atoms with Crippen LogP contribution in [0.25, 0.3) is 11.1 Å². The Balaban J connectivity index is 2.69. The van der Waals surface area contributed by atoms with E-state index in [1.54, 1.807) is 6.07 Å². The van der Waals surface area contributed by atoms with Crippen molar-refractivity contribution >= 4 is 0 Å². The maximum atomic E-state index is 10.1. The summed E-state index contributed by atoms with van der Waals surface area (Å²) in [6, 6.07) is 9.51. The van der Waals surface area contributed by atoms with E-state index in [1.807, 2.05) is 38.1 Å². The molecule has 2 N–H and O–H groups in total. The van der Waals surface area contributed by atoms with E-state index in [4.69, 9.17) is 0 Å². The van der Waals surface area contributed by atoms with E-state index < -0.39 is 0 Å². The highest BCUT2D eigenvalue weighted by Crippen LogP contribution is 2.37. The molecule has 0 heterocycles. The van der Waals surface area contributed by atoms with E-state index in [0.717, 1.165) is 27.8 Å². The van der Waals surface area contributed by atoms with Gasteiger partial charge in [0.25, 0.3) is 0 Å². The molecule has 2 aromatic rings. The molecule has 2 rings (SSSR count). The lowest BCUT2D eigenvalue weighted by molar-refractivity contribution is 0.465. The minimum absolute atomic E-state index is 0.241. The number of rotatable bonds is 2. The van der Waals surface area contributed by atoms with Crippen molar-refractivity contribution in [2.75, 3.05) is 0 Å². The molecule has 0 aliphatic heterocycles. The molecule has 0 aromatic heterocycles. The van der Waals surface area contributed by atoms with E-state index in [2.05, 4.69) is 13.8 Å². The minimum Gasteiger partial charge on any atom is -0.508 e. The molecular weight excluding hydrogens is 236 g/mol. The van der Waals surface area contributed by atoms with Gasteiger partial charge in [-0.1, -0.05) is 26.0 Å². The standard InChI is InChI=1S/C17H20O2/c1-10(2)16-14(6-5-7-15(16)18)13-8-11(3)17(19)12(4)9-13/h5-10,18-19H,1-4H3. The van der Waals surface area contributed by atoms with Gasteiger partial charge in [0.1, 0.15) is 11.5 Å². The predicted molar refractivity (Wildman–Crippen MR) is 78.8 cm³/mol. The third-order valence-electron chi connectivity index (χ3n) is 3.46. The highest BCUT2D eigenvalue weighted by molar-refractivity contribution is 5.73. The first-order valence-corrected chi connectivity index (χ1v) is 6.54. The second kappa shape index (κ2) is 4.96. The van der Waals surface area contributed by atoms with E-state index >= 15 is 0 Å². The number of phenols is 2. The van der Waals surface area contributed by atoms with Crippen molar-refractivity contribution in [3.8, 4) is 22.6 Å². The van der Waals surface area contributed by atoms with Crippen LogP contribution in [0.1, 0.15) is 36.5 Å². The number of benzene rings is 2. The molecule has 0 aliphatic carbocycles. The fourth-order valence-electron chi connectivity index (χ4n) is 2.52. The Bertz CT molecular complexity index is 590. The monoisotopic (exact) mass is 256 g/mol. The van der Waals surface area contributed by atoms with Crippen LogP contribution in [0.2, 0.25) is 0 Å². The number of phenolic OH excluding ortho intramolecular Hbond substituents is 2. The van der Waals surface area contributed by atoms with Gasteiger partial charge in [-0.3, -0.25) is 0 Å². The average molecular weight is 256 g/mol. The molecule has 0 amide bonds. The van der Waals surface area contributed by atoms with Crippen molar-refractivity contribution in [2.45, 2.75) is 33.6 Å². The van der Waals surface area contributed by atoms with Crippen molar-refractivity contribution in [2.24, 2.45) is 0 Å². The Kier molecular flexibility index (Phi) is 3.52. The van der Waals surface area contributed by atoms with Crippen LogP contribution >= 0.6 is 0 Å². The molecule has 0 spiro atoms. The number of aryl methyl sites for hydroxylation is 2. The van der Waals surface area contributed by atoms with E-state index in [-0.39, 0.29) is 5.92 Å². The van der Waals surface area contributed by atoms with Crippen molar-refractivity contribution < 1.29 is 10.2 Å². The van der Waals surface area contributed by atoms with Gasteiger partial charge >= 0.3 is 0 Å². The molecule has 2 nitrogen and oxygen atoms in total. The molecule has 0 fully saturated rings. The average Bonchev–Trinajstić information content (AvgIpc) is 2.34. The van der Waals surface area contributed by atoms with E-state index in [1.165, 1.54) is 0 Å². The molecular formula is C17H20O2. The van der Waals surface area contributed by atoms with Crippen LogP contribution in [0.4, 0.5) is 0 Å². The molecule has 2 aromatic carbocycles. The molecule has 100 valence electrons. The van der Waals surface area contributed by atoms with Gasteiger partial charge in [0.15, 0.2) is 0 Å². The molecule has 19 heavy (non-hydrogen) atoms. The van der Waals surface area contributed by atoms with E-state index in [9.17, 15) is 10.2 Å². The first-order valence-electron chi connectivity index (χ1n) is 6.54. The van der Waals surface area contributed by atoms with Gasteiger partial charge in [-0.15, -0.1) is 0 Å². The number of hydrogen-bond donors (Lipinski definition) is 2. The molecule has 0 saturated carbocycles. The minimum atomic E-state index is 0.241. The molecule has 0 radical (unpaired) electrons. The van der Waals surface area contributed by atoms with Crippen LogP contribution in [-0.2, 0) is 0 Å². The van der Waals surface area contributed by atoms with Crippen LogP contribution in [0.15, 0.2) is 30.3 Å². The zero-order valence-corrected chi connectivity index (χ0v) is 11.9. The molecule has 0 unspecified atom stereocenters. The zero-order valence-electron chi connectivity index (χ0n) is 11.9. The maximum Gasteiger partial charge on any atom is 0.121 e. The van der Waals surface area contributed by atoms with Gasteiger partial charge in [0, 0.05) is 5.56 Å². The van der Waals surface area contributed by atoms with Gasteiger partial charge in [0.05, 0.1) is 0 Å². The van der Waals surface area contributed by atoms with Crippen LogP contribution in [0, 0.1) is 13.8 Å². The molecule has 0 aliphatic rings. The van der Waals surface area contributed by atoms with Crippen LogP contribution in [-0.4, -0.2) is 10.2 Å². The second-order valence-corrected chi connectivity index (χ2v) is 5.35. The van der Waals surface area contributed by atoms with Gasteiger partial charge in [-0.2, -0.15) is 0 Å². The summed E-state index contributed by atoms with van der Waals surface area (Å²) < 4.78 is 0. The third kappa shape index (κ3) is 2.43. The Morgan fingerprint density at radius 2 is 1.53 bits per heavy atom. The number of hydrogen-bond acceptors (Lipinski definition) is 2. The van der Waals surface area contributed by atoms with Crippen molar-refractivity contribution in [1.82, 2.24) is 0 Å². The van der Waals surface area contributed by atoms with Gasteiger partial charge in [0.2, 0.25) is 0 Å². The van der Waals surface area contributed by atoms with Crippen molar-refractivity contribution in [3.63, 3.8) is 0 Å². The molecule has 2 heteroatoms. The topological polar surface area (TPSA) is 40.5 Å². The summed E-state index contributed by atoms with van der Waals surface area (Å²) in [4.78, 5) is 0. The highest BCUT2D eigenvalue weighted by atomic mass is 16.3. The Labute approximate surface area is 114 Å². The van der Waals surface area contributed by atoms with Crippen LogP contribution < -0.4 is 0 Å². The summed E-state index contributed by atoms with van der Waals surface area (Å²) in [6.07, 6.45) is 0. The van der Waals surface area contributed by atoms with Gasteiger partial charge in [-0.25, -0.2) is 0 Å². The summed E-state index contributed by atoms with van der Waals surface area (Å²) in [5.74, 6) is 0.913. The Morgan fingerprint density at radius 3 is 2.05 bits per heavy atom.